The molecule has 0 unspecified atom stereocenters. The first-order chi connectivity index (χ1) is 22.3. The van der Waals surface area contributed by atoms with Crippen molar-refractivity contribution in [1.82, 2.24) is 29.5 Å². The molecule has 238 valence electrons. The smallest absolute Gasteiger partial charge is 0.410 e. The number of imidazole rings is 1. The van der Waals surface area contributed by atoms with Crippen molar-refractivity contribution in [3.8, 4) is 11.3 Å². The molecule has 0 radical (unpaired) electrons. The highest BCUT2D eigenvalue weighted by Crippen LogP contribution is 2.31. The Morgan fingerprint density at radius 3 is 2.48 bits per heavy atom. The summed E-state index contributed by atoms with van der Waals surface area (Å²) in [5, 5.41) is 9.35. The number of carbonyl (C=O) groups excluding carboxylic acids is 1. The monoisotopic (exact) mass is 621 g/mol. The van der Waals surface area contributed by atoms with Gasteiger partial charge in [0.1, 0.15) is 17.2 Å². The van der Waals surface area contributed by atoms with E-state index in [0.29, 0.717) is 45.9 Å². The van der Waals surface area contributed by atoms with E-state index in [1.165, 1.54) is 0 Å². The van der Waals surface area contributed by atoms with Gasteiger partial charge in [0.2, 0.25) is 0 Å². The molecule has 2 aliphatic heterocycles. The zero-order chi connectivity index (χ0) is 31.7. The molecular formula is C34H39N9O3. The fourth-order valence-electron chi connectivity index (χ4n) is 5.94. The van der Waals surface area contributed by atoms with Crippen molar-refractivity contribution < 1.29 is 14.3 Å². The Morgan fingerprint density at radius 1 is 0.913 bits per heavy atom. The highest BCUT2D eigenvalue weighted by atomic mass is 16.6. The number of hydrogen-bond donors (Lipinski definition) is 1. The minimum absolute atomic E-state index is 0.271. The Kier molecular flexibility index (Phi) is 8.03. The van der Waals surface area contributed by atoms with Crippen molar-refractivity contribution in [2.75, 3.05) is 67.6 Å². The summed E-state index contributed by atoms with van der Waals surface area (Å²) in [6, 6.07) is 18.3. The molecule has 0 bridgehead atoms. The van der Waals surface area contributed by atoms with E-state index in [9.17, 15) is 4.79 Å². The topological polar surface area (TPSA) is 113 Å². The molecule has 2 saturated heterocycles. The summed E-state index contributed by atoms with van der Waals surface area (Å²) < 4.78 is 13.1. The number of piperazine rings is 1. The van der Waals surface area contributed by atoms with Crippen LogP contribution in [-0.4, -0.2) is 93.6 Å². The van der Waals surface area contributed by atoms with Gasteiger partial charge in [-0.2, -0.15) is 5.10 Å². The Bertz CT molecular complexity index is 1840. The van der Waals surface area contributed by atoms with Crippen LogP contribution in [0.4, 0.5) is 22.1 Å². The SMILES string of the molecule is CC(C)(C)OC(=O)N1CCN(c2ccc(-c3c(CNc4ccc5ccccc5n4)nc4c(N5CCOCC5)ccnn34)cn2)CC1. The first-order valence-corrected chi connectivity index (χ1v) is 15.8. The number of carbonyl (C=O) groups is 1. The average molecular weight is 622 g/mol. The summed E-state index contributed by atoms with van der Waals surface area (Å²) in [6.07, 6.45) is 3.45. The number of pyridine rings is 2. The molecule has 2 fully saturated rings. The molecule has 12 heteroatoms. The van der Waals surface area contributed by atoms with E-state index in [4.69, 9.17) is 29.5 Å². The van der Waals surface area contributed by atoms with E-state index in [1.807, 2.05) is 74.1 Å². The van der Waals surface area contributed by atoms with E-state index in [-0.39, 0.29) is 6.09 Å². The minimum atomic E-state index is -0.512. The number of hydrogen-bond acceptors (Lipinski definition) is 10. The third-order valence-electron chi connectivity index (χ3n) is 8.23. The Balaban J connectivity index is 1.16. The zero-order valence-corrected chi connectivity index (χ0v) is 26.5. The molecule has 2 aliphatic rings. The van der Waals surface area contributed by atoms with Crippen LogP contribution in [0.1, 0.15) is 26.5 Å². The highest BCUT2D eigenvalue weighted by molar-refractivity contribution is 5.80. The van der Waals surface area contributed by atoms with E-state index < -0.39 is 5.60 Å². The van der Waals surface area contributed by atoms with Crippen LogP contribution in [0.15, 0.2) is 67.0 Å². The van der Waals surface area contributed by atoms with Gasteiger partial charge >= 0.3 is 6.09 Å². The van der Waals surface area contributed by atoms with Crippen molar-refractivity contribution in [1.29, 1.82) is 0 Å². The number of rotatable bonds is 6. The standard InChI is InChI=1S/C34H39N9O3/c1-34(2,3)46-33(44)42-16-14-41(15-17-42)30-11-9-25(22-36-30)31-27(23-35-29-10-8-24-6-4-5-7-26(24)38-29)39-32-28(12-13-37-43(31)32)40-18-20-45-21-19-40/h4-13,22H,14-21,23H2,1-3H3,(H,35,38). The quantitative estimate of drug-likeness (QED) is 0.283. The lowest BCUT2D eigenvalue weighted by atomic mass is 10.1. The van der Waals surface area contributed by atoms with Crippen molar-refractivity contribution >= 4 is 40.0 Å². The number of nitrogens with zero attached hydrogens (tertiary/aromatic N) is 8. The van der Waals surface area contributed by atoms with Gasteiger partial charge in [0.15, 0.2) is 5.65 Å². The van der Waals surface area contributed by atoms with Gasteiger partial charge in [0.05, 0.1) is 48.5 Å². The first-order valence-electron chi connectivity index (χ1n) is 15.8. The third-order valence-corrected chi connectivity index (χ3v) is 8.23. The van der Waals surface area contributed by atoms with E-state index >= 15 is 0 Å². The maximum Gasteiger partial charge on any atom is 0.410 e. The van der Waals surface area contributed by atoms with Crippen LogP contribution in [0.3, 0.4) is 0 Å². The van der Waals surface area contributed by atoms with Crippen LogP contribution in [0.25, 0.3) is 27.8 Å². The fraction of sp³-hybridized carbons (Fsp3) is 0.382. The molecule has 4 aromatic heterocycles. The number of para-hydroxylation sites is 1. The summed E-state index contributed by atoms with van der Waals surface area (Å²) in [5.41, 5.74) is 4.90. The van der Waals surface area contributed by atoms with Crippen LogP contribution in [0.5, 0.6) is 0 Å². The number of morpholine rings is 1. The molecule has 1 N–H and O–H groups in total. The van der Waals surface area contributed by atoms with E-state index in [0.717, 1.165) is 63.9 Å². The molecule has 0 spiro atoms. The van der Waals surface area contributed by atoms with Gasteiger partial charge in [-0.05, 0) is 57.2 Å². The highest BCUT2D eigenvalue weighted by Gasteiger charge is 2.27. The lowest BCUT2D eigenvalue weighted by molar-refractivity contribution is 0.0240. The molecule has 1 aromatic carbocycles. The summed E-state index contributed by atoms with van der Waals surface area (Å²) in [7, 11) is 0. The molecule has 7 rings (SSSR count). The number of nitrogens with one attached hydrogen (secondary N) is 1. The van der Waals surface area contributed by atoms with Crippen LogP contribution in [0, 0.1) is 0 Å². The molecule has 5 aromatic rings. The largest absolute Gasteiger partial charge is 0.444 e. The minimum Gasteiger partial charge on any atom is -0.444 e. The van der Waals surface area contributed by atoms with Gasteiger partial charge in [0.25, 0.3) is 0 Å². The van der Waals surface area contributed by atoms with Gasteiger partial charge in [-0.15, -0.1) is 0 Å². The van der Waals surface area contributed by atoms with Gasteiger partial charge in [-0.3, -0.25) is 0 Å². The van der Waals surface area contributed by atoms with Gasteiger partial charge < -0.3 is 29.5 Å². The van der Waals surface area contributed by atoms with Crippen LogP contribution < -0.4 is 15.1 Å². The number of aromatic nitrogens is 5. The fourth-order valence-corrected chi connectivity index (χ4v) is 5.94. The number of ether oxygens (including phenoxy) is 2. The molecule has 0 atom stereocenters. The molecule has 1 amide bonds. The Morgan fingerprint density at radius 2 is 1.72 bits per heavy atom. The van der Waals surface area contributed by atoms with Crippen LogP contribution >= 0.6 is 0 Å². The van der Waals surface area contributed by atoms with Gasteiger partial charge in [-0.1, -0.05) is 18.2 Å². The van der Waals surface area contributed by atoms with E-state index in [1.54, 1.807) is 4.90 Å². The van der Waals surface area contributed by atoms with Gasteiger partial charge in [-0.25, -0.2) is 24.3 Å². The molecular weight excluding hydrogens is 582 g/mol. The van der Waals surface area contributed by atoms with E-state index in [2.05, 4.69) is 33.3 Å². The summed E-state index contributed by atoms with van der Waals surface area (Å²) in [4.78, 5) is 33.6. The maximum absolute atomic E-state index is 12.5. The Labute approximate surface area is 268 Å². The second kappa shape index (κ2) is 12.4. The van der Waals surface area contributed by atoms with Crippen LogP contribution in [-0.2, 0) is 16.0 Å². The zero-order valence-electron chi connectivity index (χ0n) is 26.5. The Hall–Kier alpha value is -4.97. The second-order valence-corrected chi connectivity index (χ2v) is 12.6. The number of fused-ring (bicyclic) bond motifs is 2. The summed E-state index contributed by atoms with van der Waals surface area (Å²) in [5.74, 6) is 1.64. The lowest BCUT2D eigenvalue weighted by Gasteiger charge is -2.36. The van der Waals surface area contributed by atoms with Crippen LogP contribution in [0.2, 0.25) is 0 Å². The molecule has 0 saturated carbocycles. The van der Waals surface area contributed by atoms with Crippen molar-refractivity contribution in [2.45, 2.75) is 32.9 Å². The van der Waals surface area contributed by atoms with Crippen molar-refractivity contribution in [3.63, 3.8) is 0 Å². The maximum atomic E-state index is 12.5. The second-order valence-electron chi connectivity index (χ2n) is 12.6. The molecule has 12 nitrogen and oxygen atoms in total. The lowest BCUT2D eigenvalue weighted by Crippen LogP contribution is -2.50. The first kappa shape index (κ1) is 29.7. The van der Waals surface area contributed by atoms with Crippen molar-refractivity contribution in [2.24, 2.45) is 0 Å². The predicted octanol–water partition coefficient (Wildman–Crippen LogP) is 4.85. The predicted molar refractivity (Wildman–Crippen MR) is 178 cm³/mol. The number of anilines is 3. The summed E-state index contributed by atoms with van der Waals surface area (Å²) in [6.45, 7) is 11.6. The van der Waals surface area contributed by atoms with Gasteiger partial charge in [0, 0.05) is 56.4 Å². The molecule has 0 aliphatic carbocycles. The third kappa shape index (κ3) is 6.25. The molecule has 6 heterocycles. The van der Waals surface area contributed by atoms with Crippen molar-refractivity contribution in [3.05, 3.63) is 72.7 Å². The summed E-state index contributed by atoms with van der Waals surface area (Å²) >= 11 is 0. The number of amides is 1. The molecule has 46 heavy (non-hydrogen) atoms. The normalized spacial score (nSPS) is 15.8. The number of benzene rings is 1. The average Bonchev–Trinajstić information content (AvgIpc) is 3.45.